The van der Waals surface area contributed by atoms with Crippen molar-refractivity contribution in [3.63, 3.8) is 0 Å². The maximum Gasteiger partial charge on any atom is 0.278 e. The molecule has 0 spiro atoms. The maximum atomic E-state index is 10.7. The number of nitrogens with zero attached hydrogens (tertiary/aromatic N) is 5. The first-order valence-corrected chi connectivity index (χ1v) is 4.30. The van der Waals surface area contributed by atoms with E-state index in [4.69, 9.17) is 11.6 Å². The lowest BCUT2D eigenvalue weighted by atomic mass is 10.1. The monoisotopic (exact) mass is 225 g/mol. The first-order valence-electron chi connectivity index (χ1n) is 3.92. The summed E-state index contributed by atoms with van der Waals surface area (Å²) in [7, 11) is 0. The smallest absolute Gasteiger partial charge is 0.258 e. The molecule has 0 aromatic heterocycles. The SMILES string of the molecule is O=[N+]([O-])c1cc(Cl)ccc1C1N=NN=N1. The third kappa shape index (κ3) is 1.82. The fraction of sp³-hybridized carbons (Fsp3) is 0.143. The Morgan fingerprint density at radius 1 is 1.33 bits per heavy atom. The third-order valence-electron chi connectivity index (χ3n) is 1.83. The molecule has 2 rings (SSSR count). The molecule has 8 heteroatoms. The standard InChI is InChI=1S/C7H4ClN5O2/c8-4-1-2-5(6(3-4)13(14)15)7-9-11-12-10-7/h1-3,7H. The van der Waals surface area contributed by atoms with Gasteiger partial charge in [0, 0.05) is 11.1 Å². The molecule has 0 bridgehead atoms. The maximum absolute atomic E-state index is 10.7. The van der Waals surface area contributed by atoms with E-state index in [2.05, 4.69) is 20.7 Å². The van der Waals surface area contributed by atoms with Crippen molar-refractivity contribution in [2.75, 3.05) is 0 Å². The summed E-state index contributed by atoms with van der Waals surface area (Å²) >= 11 is 5.66. The van der Waals surface area contributed by atoms with Crippen molar-refractivity contribution in [1.82, 2.24) is 0 Å². The van der Waals surface area contributed by atoms with Crippen LogP contribution in [0.25, 0.3) is 0 Å². The highest BCUT2D eigenvalue weighted by Gasteiger charge is 2.23. The molecule has 1 heterocycles. The number of hydrogen-bond donors (Lipinski definition) is 0. The van der Waals surface area contributed by atoms with Gasteiger partial charge in [-0.3, -0.25) is 10.1 Å². The van der Waals surface area contributed by atoms with Crippen LogP contribution in [0.4, 0.5) is 5.69 Å². The molecule has 76 valence electrons. The molecular formula is C7H4ClN5O2. The topological polar surface area (TPSA) is 92.6 Å². The van der Waals surface area contributed by atoms with Gasteiger partial charge in [-0.2, -0.15) is 0 Å². The number of hydrogen-bond acceptors (Lipinski definition) is 6. The minimum Gasteiger partial charge on any atom is -0.258 e. The number of nitro groups is 1. The molecular weight excluding hydrogens is 222 g/mol. The Kier molecular flexibility index (Phi) is 2.38. The van der Waals surface area contributed by atoms with E-state index in [0.717, 1.165) is 0 Å². The summed E-state index contributed by atoms with van der Waals surface area (Å²) in [5.41, 5.74) is 0.196. The molecule has 0 saturated carbocycles. The molecule has 0 N–H and O–H groups in total. The zero-order chi connectivity index (χ0) is 10.8. The van der Waals surface area contributed by atoms with Gasteiger partial charge in [0.05, 0.1) is 10.5 Å². The minimum absolute atomic E-state index is 0.132. The van der Waals surface area contributed by atoms with Crippen LogP contribution >= 0.6 is 11.6 Å². The van der Waals surface area contributed by atoms with Crippen molar-refractivity contribution >= 4 is 17.3 Å². The van der Waals surface area contributed by atoms with Gasteiger partial charge < -0.3 is 0 Å². The van der Waals surface area contributed by atoms with E-state index >= 15 is 0 Å². The Balaban J connectivity index is 2.50. The summed E-state index contributed by atoms with van der Waals surface area (Å²) in [6, 6.07) is 4.28. The summed E-state index contributed by atoms with van der Waals surface area (Å²) < 4.78 is 0. The van der Waals surface area contributed by atoms with E-state index in [1.54, 1.807) is 0 Å². The van der Waals surface area contributed by atoms with E-state index in [-0.39, 0.29) is 10.7 Å². The van der Waals surface area contributed by atoms with Gasteiger partial charge in [-0.05, 0) is 22.6 Å². The van der Waals surface area contributed by atoms with Crippen LogP contribution in [0.2, 0.25) is 5.02 Å². The second kappa shape index (κ2) is 3.70. The quantitative estimate of drug-likeness (QED) is 0.571. The van der Waals surface area contributed by atoms with Crippen LogP contribution in [0, 0.1) is 10.1 Å². The summed E-state index contributed by atoms with van der Waals surface area (Å²) in [5, 5.41) is 24.9. The van der Waals surface area contributed by atoms with Crippen molar-refractivity contribution < 1.29 is 4.92 Å². The number of nitro benzene ring substituents is 1. The van der Waals surface area contributed by atoms with E-state index in [1.165, 1.54) is 18.2 Å². The Bertz CT molecular complexity index is 460. The Morgan fingerprint density at radius 2 is 2.00 bits per heavy atom. The van der Waals surface area contributed by atoms with Gasteiger partial charge in [0.25, 0.3) is 5.69 Å². The van der Waals surface area contributed by atoms with Crippen molar-refractivity contribution in [2.24, 2.45) is 20.7 Å². The van der Waals surface area contributed by atoms with Crippen LogP contribution in [-0.2, 0) is 0 Å². The summed E-state index contributed by atoms with van der Waals surface area (Å²) in [4.78, 5) is 10.2. The van der Waals surface area contributed by atoms with Crippen LogP contribution in [0.15, 0.2) is 38.9 Å². The largest absolute Gasteiger partial charge is 0.278 e. The summed E-state index contributed by atoms with van der Waals surface area (Å²) in [5.74, 6) is 0. The van der Waals surface area contributed by atoms with Gasteiger partial charge in [0.15, 0.2) is 0 Å². The van der Waals surface area contributed by atoms with Gasteiger partial charge in [-0.1, -0.05) is 11.6 Å². The molecule has 0 fully saturated rings. The average molecular weight is 226 g/mol. The van der Waals surface area contributed by atoms with E-state index < -0.39 is 11.1 Å². The minimum atomic E-state index is -0.734. The molecule has 7 nitrogen and oxygen atoms in total. The van der Waals surface area contributed by atoms with Crippen LogP contribution in [0.5, 0.6) is 0 Å². The lowest BCUT2D eigenvalue weighted by molar-refractivity contribution is -0.385. The van der Waals surface area contributed by atoms with Crippen molar-refractivity contribution in [3.05, 3.63) is 38.9 Å². The van der Waals surface area contributed by atoms with Gasteiger partial charge in [-0.15, -0.1) is 10.2 Å². The number of halogens is 1. The molecule has 0 aliphatic carbocycles. The average Bonchev–Trinajstić information content (AvgIpc) is 2.70. The van der Waals surface area contributed by atoms with E-state index in [1.807, 2.05) is 0 Å². The summed E-state index contributed by atoms with van der Waals surface area (Å²) in [6.45, 7) is 0. The van der Waals surface area contributed by atoms with Crippen molar-refractivity contribution in [3.8, 4) is 0 Å². The predicted molar refractivity (Wildman–Crippen MR) is 50.6 cm³/mol. The molecule has 1 aliphatic rings. The second-order valence-electron chi connectivity index (χ2n) is 2.74. The molecule has 1 aromatic carbocycles. The first kappa shape index (κ1) is 9.66. The summed E-state index contributed by atoms with van der Waals surface area (Å²) in [6.07, 6.45) is -0.734. The normalized spacial score (nSPS) is 14.7. The predicted octanol–water partition coefficient (Wildman–Crippen LogP) is 3.08. The number of rotatable bonds is 2. The van der Waals surface area contributed by atoms with Crippen LogP contribution in [-0.4, -0.2) is 4.92 Å². The van der Waals surface area contributed by atoms with Gasteiger partial charge in [-0.25, -0.2) is 0 Å². The van der Waals surface area contributed by atoms with Crippen LogP contribution < -0.4 is 0 Å². The Labute approximate surface area is 88.6 Å². The van der Waals surface area contributed by atoms with Crippen molar-refractivity contribution in [1.29, 1.82) is 0 Å². The van der Waals surface area contributed by atoms with E-state index in [0.29, 0.717) is 5.56 Å². The van der Waals surface area contributed by atoms with Crippen LogP contribution in [0.1, 0.15) is 11.7 Å². The molecule has 15 heavy (non-hydrogen) atoms. The van der Waals surface area contributed by atoms with Gasteiger partial charge >= 0.3 is 0 Å². The van der Waals surface area contributed by atoms with Gasteiger partial charge in [0.1, 0.15) is 0 Å². The zero-order valence-corrected chi connectivity index (χ0v) is 8.00. The highest BCUT2D eigenvalue weighted by molar-refractivity contribution is 6.30. The fourth-order valence-corrected chi connectivity index (χ4v) is 1.35. The van der Waals surface area contributed by atoms with Crippen molar-refractivity contribution in [2.45, 2.75) is 6.17 Å². The molecule has 0 unspecified atom stereocenters. The molecule has 1 aromatic rings. The molecule has 0 atom stereocenters. The van der Waals surface area contributed by atoms with Gasteiger partial charge in [0.2, 0.25) is 6.17 Å². The zero-order valence-electron chi connectivity index (χ0n) is 7.24. The first-order chi connectivity index (χ1) is 7.18. The molecule has 0 saturated heterocycles. The molecule has 1 aliphatic heterocycles. The molecule has 0 radical (unpaired) electrons. The lowest BCUT2D eigenvalue weighted by Crippen LogP contribution is -1.97. The van der Waals surface area contributed by atoms with Crippen LogP contribution in [0.3, 0.4) is 0 Å². The number of benzene rings is 1. The Morgan fingerprint density at radius 3 is 2.60 bits per heavy atom. The second-order valence-corrected chi connectivity index (χ2v) is 3.18. The Hall–Kier alpha value is -1.89. The molecule has 0 amide bonds. The lowest BCUT2D eigenvalue weighted by Gasteiger charge is -2.02. The highest BCUT2D eigenvalue weighted by atomic mass is 35.5. The fourth-order valence-electron chi connectivity index (χ4n) is 1.18. The van der Waals surface area contributed by atoms with E-state index in [9.17, 15) is 10.1 Å². The highest BCUT2D eigenvalue weighted by Crippen LogP contribution is 2.33. The third-order valence-corrected chi connectivity index (χ3v) is 2.06.